The fourth-order valence-corrected chi connectivity index (χ4v) is 4.00. The maximum absolute atomic E-state index is 13.1. The number of hydrogen-bond acceptors (Lipinski definition) is 5. The molecule has 2 amide bonds. The molecule has 8 nitrogen and oxygen atoms in total. The van der Waals surface area contributed by atoms with Crippen LogP contribution in [-0.2, 0) is 17.7 Å². The summed E-state index contributed by atoms with van der Waals surface area (Å²) < 4.78 is 4.61. The Labute approximate surface area is 213 Å². The Morgan fingerprint density at radius 3 is 2.44 bits per heavy atom. The number of H-pyrrole nitrogens is 1. The fraction of sp³-hybridized carbons (Fsp3) is 0.148. The van der Waals surface area contributed by atoms with Gasteiger partial charge in [0.15, 0.2) is 0 Å². The fourth-order valence-electron chi connectivity index (χ4n) is 3.75. The van der Waals surface area contributed by atoms with Crippen LogP contribution in [0, 0.1) is 0 Å². The molecular weight excluding hydrogens is 478 g/mol. The van der Waals surface area contributed by atoms with Crippen molar-refractivity contribution >= 4 is 29.3 Å². The molecule has 1 heterocycles. The summed E-state index contributed by atoms with van der Waals surface area (Å²) in [4.78, 5) is 32.4. The van der Waals surface area contributed by atoms with E-state index < -0.39 is 12.1 Å². The lowest BCUT2D eigenvalue weighted by atomic mass is 10.0. The Hall–Kier alpha value is -4.14. The molecule has 0 bridgehead atoms. The highest BCUT2D eigenvalue weighted by atomic mass is 35.5. The number of halogens is 1. The molecule has 0 aliphatic heterocycles. The molecule has 0 aliphatic carbocycles. The van der Waals surface area contributed by atoms with E-state index in [-0.39, 0.29) is 5.91 Å². The van der Waals surface area contributed by atoms with E-state index in [1.54, 1.807) is 36.4 Å². The van der Waals surface area contributed by atoms with Crippen LogP contribution in [0.25, 0.3) is 11.3 Å². The van der Waals surface area contributed by atoms with Gasteiger partial charge in [0.2, 0.25) is 0 Å². The number of aromatic nitrogens is 2. The van der Waals surface area contributed by atoms with Gasteiger partial charge in [-0.2, -0.15) is 0 Å². The molecule has 0 saturated heterocycles. The maximum atomic E-state index is 13.1. The number of imidazole rings is 1. The van der Waals surface area contributed by atoms with Crippen LogP contribution < -0.4 is 16.4 Å². The third-order valence-electron chi connectivity index (χ3n) is 5.61. The topological polar surface area (TPSA) is 122 Å². The van der Waals surface area contributed by atoms with E-state index in [4.69, 9.17) is 22.3 Å². The summed E-state index contributed by atoms with van der Waals surface area (Å²) in [6.45, 7) is 0.347. The van der Waals surface area contributed by atoms with E-state index >= 15 is 0 Å². The summed E-state index contributed by atoms with van der Waals surface area (Å²) in [5.41, 5.74) is 10.0. The first-order valence-electron chi connectivity index (χ1n) is 11.3. The summed E-state index contributed by atoms with van der Waals surface area (Å²) in [6.07, 6.45) is -0.0478. The van der Waals surface area contributed by atoms with Gasteiger partial charge in [-0.05, 0) is 41.8 Å². The van der Waals surface area contributed by atoms with Crippen LogP contribution in [-0.4, -0.2) is 29.1 Å². The molecule has 0 fully saturated rings. The predicted octanol–water partition coefficient (Wildman–Crippen LogP) is 5.08. The number of nitrogens with zero attached hydrogens (tertiary/aromatic N) is 1. The number of carbonyl (C=O) groups is 2. The second-order valence-corrected chi connectivity index (χ2v) is 8.48. The Balaban J connectivity index is 1.61. The van der Waals surface area contributed by atoms with Crippen molar-refractivity contribution < 1.29 is 14.3 Å². The number of carbonyl (C=O) groups excluding carboxylic acids is 2. The number of ether oxygens (including phenoxy) is 1. The highest BCUT2D eigenvalue weighted by Crippen LogP contribution is 2.29. The molecule has 0 saturated carbocycles. The number of aromatic amines is 1. The van der Waals surface area contributed by atoms with Crippen LogP contribution in [0.4, 0.5) is 10.5 Å². The zero-order valence-electron chi connectivity index (χ0n) is 19.6. The minimum atomic E-state index is -0.556. The van der Waals surface area contributed by atoms with Crippen molar-refractivity contribution in [2.75, 3.05) is 12.4 Å². The lowest BCUT2D eigenvalue weighted by Crippen LogP contribution is -2.31. The molecule has 0 aliphatic rings. The van der Waals surface area contributed by atoms with Crippen molar-refractivity contribution in [2.24, 2.45) is 5.73 Å². The highest BCUT2D eigenvalue weighted by Gasteiger charge is 2.22. The Kier molecular flexibility index (Phi) is 7.99. The minimum Gasteiger partial charge on any atom is -0.453 e. The first kappa shape index (κ1) is 25.0. The zero-order valence-corrected chi connectivity index (χ0v) is 20.4. The Bertz CT molecular complexity index is 1340. The molecular formula is C27H26ClN5O3. The number of anilines is 1. The van der Waals surface area contributed by atoms with Gasteiger partial charge in [-0.1, -0.05) is 66.2 Å². The number of amides is 2. The average molecular weight is 504 g/mol. The predicted molar refractivity (Wildman–Crippen MR) is 140 cm³/mol. The molecule has 184 valence electrons. The lowest BCUT2D eigenvalue weighted by molar-refractivity contribution is 0.0934. The van der Waals surface area contributed by atoms with Gasteiger partial charge in [-0.3, -0.25) is 10.1 Å². The summed E-state index contributed by atoms with van der Waals surface area (Å²) in [5.74, 6) is 0.289. The number of hydrogen-bond donors (Lipinski definition) is 4. The van der Waals surface area contributed by atoms with E-state index in [0.29, 0.717) is 40.9 Å². The standard InChI is InChI=1S/C27H26ClN5O3/c1-36-27(35)30-21-12-10-19(11-13-21)23-24(28)33-25(32-23)22(15-17-6-3-2-4-7-17)31-26(34)20-9-5-8-18(14-20)16-29/h2-14,22H,15-16,29H2,1H3,(H,30,35)(H,31,34)(H,32,33)/t22-/m0/s1. The molecule has 3 aromatic carbocycles. The highest BCUT2D eigenvalue weighted by molar-refractivity contribution is 6.31. The van der Waals surface area contributed by atoms with E-state index in [0.717, 1.165) is 16.7 Å². The largest absolute Gasteiger partial charge is 0.453 e. The maximum Gasteiger partial charge on any atom is 0.411 e. The second kappa shape index (κ2) is 11.5. The van der Waals surface area contributed by atoms with Gasteiger partial charge in [0.25, 0.3) is 5.91 Å². The molecule has 36 heavy (non-hydrogen) atoms. The molecule has 4 aromatic rings. The van der Waals surface area contributed by atoms with E-state index in [9.17, 15) is 9.59 Å². The molecule has 4 rings (SSSR count). The Morgan fingerprint density at radius 1 is 1.03 bits per heavy atom. The van der Waals surface area contributed by atoms with Crippen LogP contribution in [0.1, 0.15) is 33.4 Å². The zero-order chi connectivity index (χ0) is 25.5. The summed E-state index contributed by atoms with van der Waals surface area (Å²) in [7, 11) is 1.30. The van der Waals surface area contributed by atoms with Gasteiger partial charge in [0.05, 0.1) is 13.2 Å². The van der Waals surface area contributed by atoms with Crippen LogP contribution in [0.5, 0.6) is 0 Å². The number of rotatable bonds is 8. The van der Waals surface area contributed by atoms with Crippen LogP contribution in [0.15, 0.2) is 78.9 Å². The van der Waals surface area contributed by atoms with E-state index in [2.05, 4.69) is 20.4 Å². The van der Waals surface area contributed by atoms with Crippen molar-refractivity contribution in [1.29, 1.82) is 0 Å². The van der Waals surface area contributed by atoms with Gasteiger partial charge < -0.3 is 20.8 Å². The third kappa shape index (κ3) is 6.10. The summed E-state index contributed by atoms with van der Waals surface area (Å²) in [5, 5.41) is 6.03. The second-order valence-electron chi connectivity index (χ2n) is 8.10. The number of nitrogens with one attached hydrogen (secondary N) is 3. The quantitative estimate of drug-likeness (QED) is 0.267. The van der Waals surface area contributed by atoms with Crippen LogP contribution in [0.2, 0.25) is 5.15 Å². The van der Waals surface area contributed by atoms with Gasteiger partial charge in [0, 0.05) is 23.4 Å². The third-order valence-corrected chi connectivity index (χ3v) is 5.88. The lowest BCUT2D eigenvalue weighted by Gasteiger charge is -2.17. The van der Waals surface area contributed by atoms with Gasteiger partial charge >= 0.3 is 6.09 Å². The van der Waals surface area contributed by atoms with Gasteiger partial charge in [-0.15, -0.1) is 0 Å². The summed E-state index contributed by atoms with van der Waals surface area (Å²) >= 11 is 6.53. The van der Waals surface area contributed by atoms with Crippen molar-refractivity contribution in [3.05, 3.63) is 107 Å². The smallest absolute Gasteiger partial charge is 0.411 e. The minimum absolute atomic E-state index is 0.237. The van der Waals surface area contributed by atoms with Crippen LogP contribution >= 0.6 is 11.6 Å². The van der Waals surface area contributed by atoms with Crippen molar-refractivity contribution in [1.82, 2.24) is 15.3 Å². The molecule has 9 heteroatoms. The number of methoxy groups -OCH3 is 1. The van der Waals surface area contributed by atoms with Gasteiger partial charge in [0.1, 0.15) is 16.7 Å². The van der Waals surface area contributed by atoms with E-state index in [1.807, 2.05) is 42.5 Å². The monoisotopic (exact) mass is 503 g/mol. The summed E-state index contributed by atoms with van der Waals surface area (Å²) in [6, 6.07) is 23.6. The number of benzene rings is 3. The molecule has 0 spiro atoms. The molecule has 5 N–H and O–H groups in total. The Morgan fingerprint density at radius 2 is 1.75 bits per heavy atom. The molecule has 0 radical (unpaired) electrons. The molecule has 1 aromatic heterocycles. The van der Waals surface area contributed by atoms with Crippen molar-refractivity contribution in [3.63, 3.8) is 0 Å². The average Bonchev–Trinajstić information content (AvgIpc) is 3.30. The van der Waals surface area contributed by atoms with Crippen LogP contribution in [0.3, 0.4) is 0 Å². The SMILES string of the molecule is COC(=O)Nc1ccc(-c2nc([C@H](Cc3ccccc3)NC(=O)c3cccc(CN)c3)[nH]c2Cl)cc1. The first-order valence-corrected chi connectivity index (χ1v) is 11.7. The van der Waals surface area contributed by atoms with Gasteiger partial charge in [-0.25, -0.2) is 9.78 Å². The molecule has 0 unspecified atom stereocenters. The molecule has 1 atom stereocenters. The normalized spacial score (nSPS) is 11.5. The van der Waals surface area contributed by atoms with Crippen molar-refractivity contribution in [3.8, 4) is 11.3 Å². The number of nitrogens with two attached hydrogens (primary N) is 1. The van der Waals surface area contributed by atoms with E-state index in [1.165, 1.54) is 7.11 Å². The van der Waals surface area contributed by atoms with Crippen molar-refractivity contribution in [2.45, 2.75) is 19.0 Å². The first-order chi connectivity index (χ1) is 17.5.